The number of rotatable bonds is 1. The van der Waals surface area contributed by atoms with Gasteiger partial charge in [-0.25, -0.2) is 0 Å². The highest BCUT2D eigenvalue weighted by Gasteiger charge is 2.54. The Labute approximate surface area is 76.2 Å². The van der Waals surface area contributed by atoms with E-state index in [2.05, 4.69) is 0 Å². The lowest BCUT2D eigenvalue weighted by molar-refractivity contribution is -0.223. The highest BCUT2D eigenvalue weighted by molar-refractivity contribution is 4.94. The molecule has 2 rings (SSSR count). The summed E-state index contributed by atoms with van der Waals surface area (Å²) in [5.74, 6) is -0.701. The number of ether oxygens (including phenoxy) is 3. The zero-order valence-corrected chi connectivity index (χ0v) is 7.64. The summed E-state index contributed by atoms with van der Waals surface area (Å²) in [6.45, 7) is 3.37. The maximum Gasteiger partial charge on any atom is 0.184 e. The van der Waals surface area contributed by atoms with Crippen LogP contribution < -0.4 is 0 Å². The molecule has 0 amide bonds. The predicted molar refractivity (Wildman–Crippen MR) is 41.8 cm³/mol. The van der Waals surface area contributed by atoms with Gasteiger partial charge in [-0.1, -0.05) is 0 Å². The van der Waals surface area contributed by atoms with Crippen molar-refractivity contribution in [2.24, 2.45) is 0 Å². The van der Waals surface area contributed by atoms with Gasteiger partial charge in [-0.15, -0.1) is 0 Å². The van der Waals surface area contributed by atoms with Crippen molar-refractivity contribution in [2.75, 3.05) is 6.61 Å². The summed E-state index contributed by atoms with van der Waals surface area (Å²) < 4.78 is 15.9. The molecule has 2 aliphatic heterocycles. The Morgan fingerprint density at radius 1 is 1.23 bits per heavy atom. The van der Waals surface area contributed by atoms with Gasteiger partial charge in [-0.2, -0.15) is 0 Å². The van der Waals surface area contributed by atoms with Crippen LogP contribution in [0.5, 0.6) is 0 Å². The maximum atomic E-state index is 9.39. The summed E-state index contributed by atoms with van der Waals surface area (Å²) in [5.41, 5.74) is 0. The van der Waals surface area contributed by atoms with Gasteiger partial charge in [0.15, 0.2) is 12.1 Å². The molecule has 0 aromatic carbocycles. The first-order chi connectivity index (χ1) is 6.03. The molecule has 0 aromatic heterocycles. The van der Waals surface area contributed by atoms with Crippen LogP contribution in [0.15, 0.2) is 0 Å². The van der Waals surface area contributed by atoms with Crippen molar-refractivity contribution in [1.29, 1.82) is 0 Å². The van der Waals surface area contributed by atoms with Gasteiger partial charge in [0.05, 0.1) is 6.61 Å². The number of hydrogen-bond acceptors (Lipinski definition) is 5. The molecule has 13 heavy (non-hydrogen) atoms. The van der Waals surface area contributed by atoms with Crippen LogP contribution in [0.4, 0.5) is 0 Å². The van der Waals surface area contributed by atoms with E-state index in [0.717, 1.165) is 0 Å². The molecule has 0 aromatic rings. The van der Waals surface area contributed by atoms with E-state index in [4.69, 9.17) is 19.3 Å². The molecule has 2 N–H and O–H groups in total. The number of hydrogen-bond donors (Lipinski definition) is 2. The SMILES string of the molecule is CC1(C)OC2C(O)O[C@H](CO)[C@@H]2O1. The molecule has 76 valence electrons. The lowest BCUT2D eigenvalue weighted by atomic mass is 10.1. The summed E-state index contributed by atoms with van der Waals surface area (Å²) in [4.78, 5) is 0. The van der Waals surface area contributed by atoms with Crippen LogP contribution in [0, 0.1) is 0 Å². The molecule has 0 aliphatic carbocycles. The standard InChI is InChI=1S/C8H14O5/c1-8(2)12-5-4(3-9)11-7(10)6(5)13-8/h4-7,9-10H,3H2,1-2H3/t4-,5+,6?,7?/m1/s1. The molecule has 4 atom stereocenters. The lowest BCUT2D eigenvalue weighted by Crippen LogP contribution is -2.31. The Hall–Kier alpha value is -0.200. The molecule has 0 spiro atoms. The quantitative estimate of drug-likeness (QED) is 0.567. The van der Waals surface area contributed by atoms with E-state index >= 15 is 0 Å². The van der Waals surface area contributed by atoms with Crippen LogP contribution in [-0.2, 0) is 14.2 Å². The van der Waals surface area contributed by atoms with E-state index in [1.807, 2.05) is 0 Å². The second kappa shape index (κ2) is 2.90. The lowest BCUT2D eigenvalue weighted by Gasteiger charge is -2.21. The Morgan fingerprint density at radius 3 is 2.46 bits per heavy atom. The average molecular weight is 190 g/mol. The Kier molecular flexibility index (Phi) is 2.08. The van der Waals surface area contributed by atoms with Crippen molar-refractivity contribution in [1.82, 2.24) is 0 Å². The average Bonchev–Trinajstić information content (AvgIpc) is 2.47. The predicted octanol–water partition coefficient (Wildman–Crippen LogP) is -0.784. The monoisotopic (exact) mass is 190 g/mol. The summed E-state index contributed by atoms with van der Waals surface area (Å²) in [6.07, 6.45) is -2.33. The molecule has 2 unspecified atom stereocenters. The van der Waals surface area contributed by atoms with Crippen molar-refractivity contribution in [3.05, 3.63) is 0 Å². The minimum Gasteiger partial charge on any atom is -0.394 e. The molecule has 5 nitrogen and oxygen atoms in total. The van der Waals surface area contributed by atoms with Crippen LogP contribution in [0.2, 0.25) is 0 Å². The van der Waals surface area contributed by atoms with E-state index in [1.165, 1.54) is 0 Å². The fraction of sp³-hybridized carbons (Fsp3) is 1.00. The fourth-order valence-corrected chi connectivity index (χ4v) is 1.81. The van der Waals surface area contributed by atoms with E-state index in [-0.39, 0.29) is 12.7 Å². The highest BCUT2D eigenvalue weighted by Crippen LogP contribution is 2.37. The molecule has 0 radical (unpaired) electrons. The minimum absolute atomic E-state index is 0.169. The van der Waals surface area contributed by atoms with Gasteiger partial charge < -0.3 is 24.4 Å². The largest absolute Gasteiger partial charge is 0.394 e. The third-order valence-electron chi connectivity index (χ3n) is 2.31. The van der Waals surface area contributed by atoms with Crippen molar-refractivity contribution < 1.29 is 24.4 Å². The summed E-state index contributed by atoms with van der Waals surface area (Å²) in [5, 5.41) is 18.3. The van der Waals surface area contributed by atoms with Crippen LogP contribution in [-0.4, -0.2) is 47.2 Å². The maximum absolute atomic E-state index is 9.39. The minimum atomic E-state index is -0.996. The molecular formula is C8H14O5. The number of aliphatic hydroxyl groups excluding tert-OH is 2. The van der Waals surface area contributed by atoms with Crippen molar-refractivity contribution in [3.63, 3.8) is 0 Å². The van der Waals surface area contributed by atoms with Gasteiger partial charge in [-0.05, 0) is 13.8 Å². The zero-order chi connectivity index (χ0) is 9.64. The molecule has 0 bridgehead atoms. The Bertz CT molecular complexity index is 205. The Balaban J connectivity index is 2.12. The van der Waals surface area contributed by atoms with Crippen LogP contribution in [0.1, 0.15) is 13.8 Å². The molecule has 2 heterocycles. The Morgan fingerprint density at radius 2 is 1.85 bits per heavy atom. The highest BCUT2D eigenvalue weighted by atomic mass is 16.8. The first-order valence-electron chi connectivity index (χ1n) is 4.33. The number of fused-ring (bicyclic) bond motifs is 1. The van der Waals surface area contributed by atoms with Gasteiger partial charge in [0.2, 0.25) is 0 Å². The molecule has 5 heteroatoms. The zero-order valence-electron chi connectivity index (χ0n) is 7.64. The summed E-state index contributed by atoms with van der Waals surface area (Å²) in [7, 11) is 0. The molecule has 2 saturated heterocycles. The van der Waals surface area contributed by atoms with Crippen LogP contribution in [0.3, 0.4) is 0 Å². The third-order valence-corrected chi connectivity index (χ3v) is 2.31. The molecule has 0 saturated carbocycles. The van der Waals surface area contributed by atoms with Gasteiger partial charge in [0, 0.05) is 0 Å². The topological polar surface area (TPSA) is 68.2 Å². The first-order valence-corrected chi connectivity index (χ1v) is 4.33. The van der Waals surface area contributed by atoms with E-state index in [1.54, 1.807) is 13.8 Å². The summed E-state index contributed by atoms with van der Waals surface area (Å²) >= 11 is 0. The van der Waals surface area contributed by atoms with Gasteiger partial charge in [-0.3, -0.25) is 0 Å². The molecular weight excluding hydrogens is 176 g/mol. The number of aliphatic hydroxyl groups is 2. The second-order valence-corrected chi connectivity index (χ2v) is 3.81. The normalized spacial score (nSPS) is 48.0. The smallest absolute Gasteiger partial charge is 0.184 e. The van der Waals surface area contributed by atoms with Crippen molar-refractivity contribution in [3.8, 4) is 0 Å². The molecule has 2 aliphatic rings. The third kappa shape index (κ3) is 1.47. The van der Waals surface area contributed by atoms with Crippen molar-refractivity contribution in [2.45, 2.75) is 44.2 Å². The van der Waals surface area contributed by atoms with Gasteiger partial charge >= 0.3 is 0 Å². The van der Waals surface area contributed by atoms with Gasteiger partial charge in [0.1, 0.15) is 18.3 Å². The molecule has 2 fully saturated rings. The van der Waals surface area contributed by atoms with Crippen molar-refractivity contribution >= 4 is 0 Å². The summed E-state index contributed by atoms with van der Waals surface area (Å²) in [6, 6.07) is 0. The van der Waals surface area contributed by atoms with E-state index in [0.29, 0.717) is 0 Å². The van der Waals surface area contributed by atoms with Crippen LogP contribution in [0.25, 0.3) is 0 Å². The van der Waals surface area contributed by atoms with E-state index < -0.39 is 24.3 Å². The van der Waals surface area contributed by atoms with E-state index in [9.17, 15) is 5.11 Å². The van der Waals surface area contributed by atoms with Crippen LogP contribution >= 0.6 is 0 Å². The second-order valence-electron chi connectivity index (χ2n) is 3.81. The fourth-order valence-electron chi connectivity index (χ4n) is 1.81. The van der Waals surface area contributed by atoms with Gasteiger partial charge in [0.25, 0.3) is 0 Å². The first kappa shape index (κ1) is 9.36.